The average Bonchev–Trinajstić information content (AvgIpc) is 2.92. The van der Waals surface area contributed by atoms with Crippen molar-refractivity contribution < 1.29 is 54.0 Å². The van der Waals surface area contributed by atoms with Gasteiger partial charge >= 0.3 is 0 Å². The van der Waals surface area contributed by atoms with Crippen LogP contribution in [0.4, 0.5) is 0 Å². The second-order valence-corrected chi connectivity index (χ2v) is 11.2. The predicted octanol–water partition coefficient (Wildman–Crippen LogP) is -6.54. The number of fused-ring (bicyclic) bond motifs is 1. The third-order valence-corrected chi connectivity index (χ3v) is 8.23. The van der Waals surface area contributed by atoms with E-state index in [2.05, 4.69) is 16.0 Å². The first-order valence-corrected chi connectivity index (χ1v) is 14.0. The minimum Gasteiger partial charge on any atom is -0.394 e. The Morgan fingerprint density at radius 1 is 0.854 bits per heavy atom. The van der Waals surface area contributed by atoms with E-state index >= 15 is 0 Å². The van der Waals surface area contributed by atoms with Gasteiger partial charge in [-0.25, -0.2) is 0 Å². The SMILES string of the molecule is CNCC(=O)N[C@H]1CC(O)[C@@H](OC2O[C@H]3CC(N)[C@@H](O[C@@H]4C(N)C[C@@H](N)C(O)[C@H]4O)OC3C(O)C2NC)OC1CO. The average molecular weight is 595 g/mol. The van der Waals surface area contributed by atoms with Crippen LogP contribution in [0.5, 0.6) is 0 Å². The summed E-state index contributed by atoms with van der Waals surface area (Å²) < 4.78 is 29.8. The first-order valence-electron chi connectivity index (χ1n) is 14.0. The molecule has 4 fully saturated rings. The van der Waals surface area contributed by atoms with Gasteiger partial charge < -0.3 is 82.4 Å². The zero-order valence-electron chi connectivity index (χ0n) is 23.2. The van der Waals surface area contributed by atoms with E-state index in [-0.39, 0.29) is 31.7 Å². The molecule has 14 N–H and O–H groups in total. The first-order chi connectivity index (χ1) is 19.5. The van der Waals surface area contributed by atoms with Gasteiger partial charge in [-0.15, -0.1) is 0 Å². The second kappa shape index (κ2) is 14.1. The highest BCUT2D eigenvalue weighted by atomic mass is 16.8. The Morgan fingerprint density at radius 2 is 1.59 bits per heavy atom. The summed E-state index contributed by atoms with van der Waals surface area (Å²) in [5.74, 6) is -0.318. The fourth-order valence-corrected chi connectivity index (χ4v) is 5.97. The van der Waals surface area contributed by atoms with Gasteiger partial charge in [-0.3, -0.25) is 4.79 Å². The Labute approximate surface area is 237 Å². The van der Waals surface area contributed by atoms with Crippen LogP contribution in [0.2, 0.25) is 0 Å². The Hall–Kier alpha value is -1.13. The van der Waals surface area contributed by atoms with Crippen LogP contribution in [0.15, 0.2) is 0 Å². The molecule has 238 valence electrons. The molecule has 1 aliphatic carbocycles. The Kier molecular flexibility index (Phi) is 11.3. The maximum atomic E-state index is 12.0. The smallest absolute Gasteiger partial charge is 0.234 e. The van der Waals surface area contributed by atoms with Crippen LogP contribution in [-0.4, -0.2) is 157 Å². The summed E-state index contributed by atoms with van der Waals surface area (Å²) in [4.78, 5) is 12.0. The van der Waals surface area contributed by atoms with E-state index in [9.17, 15) is 30.3 Å². The fourth-order valence-electron chi connectivity index (χ4n) is 5.97. The fraction of sp³-hybridized carbons (Fsp3) is 0.958. The van der Waals surface area contributed by atoms with E-state index in [0.717, 1.165) is 0 Å². The molecule has 1 amide bonds. The molecule has 9 unspecified atom stereocenters. The van der Waals surface area contributed by atoms with Crippen molar-refractivity contribution in [3.63, 3.8) is 0 Å². The lowest BCUT2D eigenvalue weighted by atomic mass is 9.84. The van der Waals surface area contributed by atoms with Crippen LogP contribution >= 0.6 is 0 Å². The lowest BCUT2D eigenvalue weighted by Crippen LogP contribution is -2.69. The summed E-state index contributed by atoms with van der Waals surface area (Å²) in [7, 11) is 3.20. The molecule has 0 spiro atoms. The quantitative estimate of drug-likeness (QED) is 0.118. The number of aliphatic hydroxyl groups is 5. The molecule has 3 saturated heterocycles. The molecule has 16 atom stereocenters. The summed E-state index contributed by atoms with van der Waals surface area (Å²) >= 11 is 0. The van der Waals surface area contributed by atoms with Crippen molar-refractivity contribution in [3.8, 4) is 0 Å². The number of aliphatic hydroxyl groups excluding tert-OH is 5. The zero-order valence-corrected chi connectivity index (χ0v) is 23.2. The van der Waals surface area contributed by atoms with Crippen molar-refractivity contribution in [2.24, 2.45) is 17.2 Å². The molecule has 0 aromatic heterocycles. The Morgan fingerprint density at radius 3 is 2.24 bits per heavy atom. The molecule has 4 aliphatic rings. The topological polar surface area (TPSA) is 279 Å². The molecular weight excluding hydrogens is 548 g/mol. The predicted molar refractivity (Wildman–Crippen MR) is 140 cm³/mol. The van der Waals surface area contributed by atoms with Crippen LogP contribution < -0.4 is 33.2 Å². The number of carbonyl (C=O) groups excluding carboxylic acids is 1. The summed E-state index contributed by atoms with van der Waals surface area (Å²) in [6.07, 6.45) is -11.4. The van der Waals surface area contributed by atoms with Crippen LogP contribution in [0, 0.1) is 0 Å². The van der Waals surface area contributed by atoms with E-state index in [1.54, 1.807) is 14.1 Å². The standard InChI is InChI=1S/C24H46N6O11/c1-28-6-15(33)30-11-5-12(32)23(38-14(11)7-31)41-24-16(29-2)18(35)21-13(37-24)4-10(27)22(40-21)39-20-9(26)3-8(25)17(34)19(20)36/h8-14,16-24,28-29,31-32,34-36H,3-7,25-27H2,1-2H3,(H,30,33)/t8-,9?,10?,11+,12?,13+,14?,16?,17?,18?,19-,20-,21?,22+,23-,24?/m1/s1. The van der Waals surface area contributed by atoms with Gasteiger partial charge in [-0.05, 0) is 26.9 Å². The highest BCUT2D eigenvalue weighted by Crippen LogP contribution is 2.35. The minimum absolute atomic E-state index is 0.0542. The van der Waals surface area contributed by atoms with Crippen LogP contribution in [0.1, 0.15) is 19.3 Å². The van der Waals surface area contributed by atoms with Gasteiger partial charge in [0.15, 0.2) is 18.9 Å². The summed E-state index contributed by atoms with van der Waals surface area (Å²) in [6, 6.07) is -3.61. The number of nitrogens with two attached hydrogens (primary N) is 3. The maximum absolute atomic E-state index is 12.0. The molecule has 0 aromatic carbocycles. The van der Waals surface area contributed by atoms with E-state index in [1.807, 2.05) is 0 Å². The van der Waals surface area contributed by atoms with E-state index in [4.69, 9.17) is 40.9 Å². The molecule has 0 aromatic rings. The van der Waals surface area contributed by atoms with Gasteiger partial charge in [0.2, 0.25) is 5.91 Å². The van der Waals surface area contributed by atoms with Gasteiger partial charge in [0.1, 0.15) is 36.6 Å². The summed E-state index contributed by atoms with van der Waals surface area (Å²) in [5.41, 5.74) is 18.3. The van der Waals surface area contributed by atoms with E-state index in [1.165, 1.54) is 0 Å². The van der Waals surface area contributed by atoms with Crippen molar-refractivity contribution in [1.29, 1.82) is 0 Å². The second-order valence-electron chi connectivity index (χ2n) is 11.2. The number of ether oxygens (including phenoxy) is 5. The molecule has 17 heteroatoms. The molecule has 3 heterocycles. The number of likely N-dealkylation sites (N-methyl/N-ethyl adjacent to an activating group) is 2. The van der Waals surface area contributed by atoms with Crippen LogP contribution in [-0.2, 0) is 28.5 Å². The lowest BCUT2D eigenvalue weighted by Gasteiger charge is -2.51. The molecule has 0 bridgehead atoms. The Balaban J connectivity index is 1.39. The summed E-state index contributed by atoms with van der Waals surface area (Å²) in [5, 5.41) is 60.9. The number of rotatable bonds is 9. The third kappa shape index (κ3) is 7.17. The van der Waals surface area contributed by atoms with E-state index in [0.29, 0.717) is 0 Å². The highest BCUT2D eigenvalue weighted by Gasteiger charge is 2.53. The van der Waals surface area contributed by atoms with E-state index < -0.39 is 105 Å². The molecule has 0 radical (unpaired) electrons. The number of hydrogen-bond donors (Lipinski definition) is 11. The molecule has 3 aliphatic heterocycles. The largest absolute Gasteiger partial charge is 0.394 e. The van der Waals surface area contributed by atoms with Crippen molar-refractivity contribution in [2.45, 2.75) is 117 Å². The molecule has 41 heavy (non-hydrogen) atoms. The summed E-state index contributed by atoms with van der Waals surface area (Å²) in [6.45, 7) is -0.372. The first kappa shape index (κ1) is 32.8. The van der Waals surface area contributed by atoms with Crippen molar-refractivity contribution in [3.05, 3.63) is 0 Å². The van der Waals surface area contributed by atoms with Crippen LogP contribution in [0.3, 0.4) is 0 Å². The van der Waals surface area contributed by atoms with Gasteiger partial charge in [0.25, 0.3) is 0 Å². The lowest BCUT2D eigenvalue weighted by molar-refractivity contribution is -0.367. The normalized spacial score (nSPS) is 48.8. The van der Waals surface area contributed by atoms with Gasteiger partial charge in [-0.1, -0.05) is 0 Å². The molecule has 4 rings (SSSR count). The third-order valence-electron chi connectivity index (χ3n) is 8.23. The van der Waals surface area contributed by atoms with Crippen molar-refractivity contribution >= 4 is 5.91 Å². The minimum atomic E-state index is -1.35. The number of nitrogens with one attached hydrogen (secondary N) is 3. The Bertz CT molecular complexity index is 863. The molecule has 17 nitrogen and oxygen atoms in total. The van der Waals surface area contributed by atoms with Gasteiger partial charge in [0, 0.05) is 18.5 Å². The maximum Gasteiger partial charge on any atom is 0.234 e. The van der Waals surface area contributed by atoms with Gasteiger partial charge in [-0.2, -0.15) is 0 Å². The molecule has 1 saturated carbocycles. The number of hydrogen-bond acceptors (Lipinski definition) is 16. The van der Waals surface area contributed by atoms with Crippen LogP contribution in [0.25, 0.3) is 0 Å². The molecular formula is C24H46N6O11. The highest BCUT2D eigenvalue weighted by molar-refractivity contribution is 5.78. The monoisotopic (exact) mass is 594 g/mol. The van der Waals surface area contributed by atoms with Crippen molar-refractivity contribution in [2.75, 3.05) is 27.2 Å². The number of amides is 1. The van der Waals surface area contributed by atoms with Crippen molar-refractivity contribution in [1.82, 2.24) is 16.0 Å². The zero-order chi connectivity index (χ0) is 30.0. The number of carbonyl (C=O) groups is 1. The van der Waals surface area contributed by atoms with Gasteiger partial charge in [0.05, 0.1) is 43.5 Å².